The number of hydrogen-bond donors (Lipinski definition) is 1. The van der Waals surface area contributed by atoms with Crippen LogP contribution in [0.1, 0.15) is 32.1 Å². The Bertz CT molecular complexity index is 627. The molecular formula is C13H17FN2O4S. The normalized spacial score (nSPS) is 16.2. The maximum atomic E-state index is 13.5. The number of nitrogens with zero attached hydrogens (tertiary/aromatic N) is 1. The van der Waals surface area contributed by atoms with Crippen LogP contribution in [0.25, 0.3) is 0 Å². The predicted octanol–water partition coefficient (Wildman–Crippen LogP) is 2.59. The zero-order valence-corrected chi connectivity index (χ0v) is 12.2. The molecule has 1 aromatic carbocycles. The van der Waals surface area contributed by atoms with Gasteiger partial charge >= 0.3 is 5.69 Å². The molecule has 0 aromatic heterocycles. The van der Waals surface area contributed by atoms with Crippen LogP contribution in [0.15, 0.2) is 23.1 Å². The summed E-state index contributed by atoms with van der Waals surface area (Å²) < 4.78 is 39.9. The first kappa shape index (κ1) is 15.8. The Balaban J connectivity index is 2.01. The maximum absolute atomic E-state index is 13.5. The van der Waals surface area contributed by atoms with E-state index in [0.717, 1.165) is 31.4 Å². The van der Waals surface area contributed by atoms with Gasteiger partial charge in [-0.25, -0.2) is 13.1 Å². The molecule has 8 heteroatoms. The van der Waals surface area contributed by atoms with E-state index in [2.05, 4.69) is 4.72 Å². The van der Waals surface area contributed by atoms with Gasteiger partial charge in [0.05, 0.1) is 9.82 Å². The number of nitro groups is 1. The van der Waals surface area contributed by atoms with Crippen LogP contribution in [0.5, 0.6) is 0 Å². The Kier molecular flexibility index (Phi) is 4.89. The fourth-order valence-electron chi connectivity index (χ4n) is 2.58. The van der Waals surface area contributed by atoms with Crippen LogP contribution in [0.4, 0.5) is 10.1 Å². The third kappa shape index (κ3) is 3.98. The van der Waals surface area contributed by atoms with Crippen molar-refractivity contribution in [2.24, 2.45) is 5.92 Å². The molecule has 0 atom stereocenters. The quantitative estimate of drug-likeness (QED) is 0.645. The van der Waals surface area contributed by atoms with E-state index in [0.29, 0.717) is 18.5 Å². The molecule has 0 spiro atoms. The Morgan fingerprint density at radius 3 is 2.57 bits per heavy atom. The van der Waals surface area contributed by atoms with Crippen LogP contribution in [0.3, 0.4) is 0 Å². The Labute approximate surface area is 122 Å². The molecule has 116 valence electrons. The minimum absolute atomic E-state index is 0.294. The number of benzene rings is 1. The van der Waals surface area contributed by atoms with Gasteiger partial charge in [-0.1, -0.05) is 25.7 Å². The Hall–Kier alpha value is -1.54. The van der Waals surface area contributed by atoms with Crippen molar-refractivity contribution >= 4 is 15.7 Å². The van der Waals surface area contributed by atoms with E-state index < -0.39 is 26.5 Å². The summed E-state index contributed by atoms with van der Waals surface area (Å²) >= 11 is 0. The van der Waals surface area contributed by atoms with Gasteiger partial charge in [-0.2, -0.15) is 4.39 Å². The van der Waals surface area contributed by atoms with Gasteiger partial charge in [0.25, 0.3) is 0 Å². The topological polar surface area (TPSA) is 89.3 Å². The molecule has 1 fully saturated rings. The molecule has 6 nitrogen and oxygen atoms in total. The number of sulfonamides is 1. The summed E-state index contributed by atoms with van der Waals surface area (Å²) in [7, 11) is -3.83. The average molecular weight is 316 g/mol. The zero-order chi connectivity index (χ0) is 15.5. The van der Waals surface area contributed by atoms with Gasteiger partial charge in [0.1, 0.15) is 0 Å². The summed E-state index contributed by atoms with van der Waals surface area (Å²) in [5, 5.41) is 10.5. The first-order valence-corrected chi connectivity index (χ1v) is 8.32. The number of rotatable bonds is 6. The second-order valence-electron chi connectivity index (χ2n) is 5.21. The summed E-state index contributed by atoms with van der Waals surface area (Å²) in [4.78, 5) is 9.32. The Morgan fingerprint density at radius 1 is 1.33 bits per heavy atom. The highest BCUT2D eigenvalue weighted by molar-refractivity contribution is 7.89. The fraction of sp³-hybridized carbons (Fsp3) is 0.538. The van der Waals surface area contributed by atoms with Crippen LogP contribution >= 0.6 is 0 Å². The van der Waals surface area contributed by atoms with Crippen molar-refractivity contribution in [3.8, 4) is 0 Å². The van der Waals surface area contributed by atoms with Gasteiger partial charge in [-0.15, -0.1) is 0 Å². The van der Waals surface area contributed by atoms with Crippen LogP contribution in [0, 0.1) is 21.8 Å². The van der Waals surface area contributed by atoms with E-state index in [-0.39, 0.29) is 4.90 Å². The van der Waals surface area contributed by atoms with Crippen molar-refractivity contribution in [2.75, 3.05) is 6.54 Å². The molecule has 0 heterocycles. The van der Waals surface area contributed by atoms with E-state index in [4.69, 9.17) is 0 Å². The van der Waals surface area contributed by atoms with Gasteiger partial charge in [0, 0.05) is 18.7 Å². The zero-order valence-electron chi connectivity index (χ0n) is 11.4. The van der Waals surface area contributed by atoms with Crippen LogP contribution < -0.4 is 4.72 Å². The molecule has 0 saturated heterocycles. The van der Waals surface area contributed by atoms with Gasteiger partial charge in [0.2, 0.25) is 15.8 Å². The highest BCUT2D eigenvalue weighted by Crippen LogP contribution is 2.27. The smallest absolute Gasteiger partial charge is 0.258 e. The monoisotopic (exact) mass is 316 g/mol. The molecule has 1 saturated carbocycles. The largest absolute Gasteiger partial charge is 0.304 e. The summed E-state index contributed by atoms with van der Waals surface area (Å²) in [6.07, 6.45) is 5.37. The Morgan fingerprint density at radius 2 is 2.00 bits per heavy atom. The van der Waals surface area contributed by atoms with E-state index in [1.54, 1.807) is 0 Å². The van der Waals surface area contributed by atoms with Crippen molar-refractivity contribution in [2.45, 2.75) is 37.0 Å². The lowest BCUT2D eigenvalue weighted by Gasteiger charge is -2.10. The summed E-state index contributed by atoms with van der Waals surface area (Å²) in [5.41, 5.74) is -0.736. The van der Waals surface area contributed by atoms with E-state index in [1.165, 1.54) is 12.8 Å². The van der Waals surface area contributed by atoms with Crippen LogP contribution in [-0.2, 0) is 10.0 Å². The molecule has 1 aliphatic rings. The second-order valence-corrected chi connectivity index (χ2v) is 6.97. The number of hydrogen-bond acceptors (Lipinski definition) is 4. The third-order valence-electron chi connectivity index (χ3n) is 3.75. The minimum Gasteiger partial charge on any atom is -0.258 e. The van der Waals surface area contributed by atoms with Crippen molar-refractivity contribution in [1.29, 1.82) is 0 Å². The second kappa shape index (κ2) is 6.48. The van der Waals surface area contributed by atoms with Crippen LogP contribution in [-0.4, -0.2) is 19.9 Å². The minimum atomic E-state index is -3.83. The molecule has 0 radical (unpaired) electrons. The molecule has 0 bridgehead atoms. The number of halogens is 1. The molecular weight excluding hydrogens is 299 g/mol. The van der Waals surface area contributed by atoms with E-state index in [1.807, 2.05) is 0 Å². The van der Waals surface area contributed by atoms with Crippen molar-refractivity contribution in [3.63, 3.8) is 0 Å². The number of nitro benzene ring substituents is 1. The van der Waals surface area contributed by atoms with Crippen molar-refractivity contribution < 1.29 is 17.7 Å². The molecule has 0 unspecified atom stereocenters. The van der Waals surface area contributed by atoms with E-state index in [9.17, 15) is 22.9 Å². The van der Waals surface area contributed by atoms with Gasteiger partial charge in [0.15, 0.2) is 0 Å². The first-order chi connectivity index (χ1) is 9.90. The summed E-state index contributed by atoms with van der Waals surface area (Å²) in [6, 6.07) is 2.58. The average Bonchev–Trinajstić information content (AvgIpc) is 2.91. The van der Waals surface area contributed by atoms with Gasteiger partial charge < -0.3 is 0 Å². The molecule has 0 amide bonds. The van der Waals surface area contributed by atoms with Gasteiger partial charge in [-0.05, 0) is 18.4 Å². The SMILES string of the molecule is O=[N+]([O-])c1ccc(S(=O)(=O)NCCC2CCCC2)cc1F. The lowest BCUT2D eigenvalue weighted by molar-refractivity contribution is -0.387. The first-order valence-electron chi connectivity index (χ1n) is 6.84. The molecule has 2 rings (SSSR count). The summed E-state index contributed by atoms with van der Waals surface area (Å²) in [5.74, 6) is -0.611. The fourth-order valence-corrected chi connectivity index (χ4v) is 3.64. The molecule has 21 heavy (non-hydrogen) atoms. The van der Waals surface area contributed by atoms with Crippen molar-refractivity contribution in [3.05, 3.63) is 34.1 Å². The molecule has 0 aliphatic heterocycles. The summed E-state index contributed by atoms with van der Waals surface area (Å²) in [6.45, 7) is 0.297. The van der Waals surface area contributed by atoms with Crippen LogP contribution in [0.2, 0.25) is 0 Å². The highest BCUT2D eigenvalue weighted by Gasteiger charge is 2.21. The lowest BCUT2D eigenvalue weighted by atomic mass is 10.1. The maximum Gasteiger partial charge on any atom is 0.304 e. The number of nitrogens with one attached hydrogen (secondary N) is 1. The van der Waals surface area contributed by atoms with E-state index >= 15 is 0 Å². The highest BCUT2D eigenvalue weighted by atomic mass is 32.2. The molecule has 1 aliphatic carbocycles. The predicted molar refractivity (Wildman–Crippen MR) is 74.8 cm³/mol. The van der Waals surface area contributed by atoms with Gasteiger partial charge in [-0.3, -0.25) is 10.1 Å². The van der Waals surface area contributed by atoms with Crippen molar-refractivity contribution in [1.82, 2.24) is 4.72 Å². The third-order valence-corrected chi connectivity index (χ3v) is 5.20. The standard InChI is InChI=1S/C13H17FN2O4S/c14-12-9-11(5-6-13(12)16(17)18)21(19,20)15-8-7-10-3-1-2-4-10/h5-6,9-10,15H,1-4,7-8H2. The molecule has 1 N–H and O–H groups in total. The molecule has 1 aromatic rings. The lowest BCUT2D eigenvalue weighted by Crippen LogP contribution is -2.26.